The summed E-state index contributed by atoms with van der Waals surface area (Å²) in [6.45, 7) is 0. The second-order valence-corrected chi connectivity index (χ2v) is 4.60. The Morgan fingerprint density at radius 2 is 1.14 bits per heavy atom. The van der Waals surface area contributed by atoms with Crippen molar-refractivity contribution in [2.75, 3.05) is 0 Å². The van der Waals surface area contributed by atoms with Gasteiger partial charge in [-0.25, -0.2) is 0 Å². The maximum Gasteiger partial charge on any atom is 0.00899 e. The van der Waals surface area contributed by atoms with Crippen molar-refractivity contribution in [2.24, 2.45) is 11.8 Å². The van der Waals surface area contributed by atoms with Crippen LogP contribution in [0.15, 0.2) is 48.6 Å². The summed E-state index contributed by atoms with van der Waals surface area (Å²) in [4.78, 5) is 0. The quantitative estimate of drug-likeness (QED) is 0.538. The third-order valence-corrected chi connectivity index (χ3v) is 4.07. The highest BCUT2D eigenvalue weighted by molar-refractivity contribution is 5.50. The molecule has 0 unspecified atom stereocenters. The fraction of sp³-hybridized carbons (Fsp3) is 0.286. The monoisotopic (exact) mass is 180 g/mol. The minimum Gasteiger partial charge on any atom is -0.0835 e. The van der Waals surface area contributed by atoms with Gasteiger partial charge in [-0.3, -0.25) is 0 Å². The van der Waals surface area contributed by atoms with E-state index in [0.717, 1.165) is 11.8 Å². The third kappa shape index (κ3) is 0.639. The number of rotatable bonds is 0. The summed E-state index contributed by atoms with van der Waals surface area (Å²) >= 11 is 0. The molecule has 0 aromatic heterocycles. The largest absolute Gasteiger partial charge is 0.0835 e. The molecule has 0 spiro atoms. The van der Waals surface area contributed by atoms with Gasteiger partial charge in [0.05, 0.1) is 0 Å². The number of hydrogen-bond donors (Lipinski definition) is 0. The summed E-state index contributed by atoms with van der Waals surface area (Å²) in [5.41, 5.74) is 3.15. The van der Waals surface area contributed by atoms with Gasteiger partial charge in [0.25, 0.3) is 0 Å². The molecule has 0 N–H and O–H groups in total. The van der Waals surface area contributed by atoms with Crippen LogP contribution < -0.4 is 0 Å². The van der Waals surface area contributed by atoms with Crippen LogP contribution in [0.25, 0.3) is 0 Å². The van der Waals surface area contributed by atoms with Gasteiger partial charge < -0.3 is 0 Å². The molecular weight excluding hydrogens is 168 g/mol. The molecule has 0 amide bonds. The van der Waals surface area contributed by atoms with Crippen LogP contribution in [0.3, 0.4) is 0 Å². The molecule has 4 aliphatic rings. The van der Waals surface area contributed by atoms with Crippen LogP contribution in [0.2, 0.25) is 0 Å². The van der Waals surface area contributed by atoms with E-state index < -0.39 is 0 Å². The van der Waals surface area contributed by atoms with Crippen LogP contribution in [-0.2, 0) is 0 Å². The van der Waals surface area contributed by atoms with Gasteiger partial charge in [0.2, 0.25) is 0 Å². The topological polar surface area (TPSA) is 0 Å². The van der Waals surface area contributed by atoms with Gasteiger partial charge in [-0.15, -0.1) is 0 Å². The van der Waals surface area contributed by atoms with Crippen molar-refractivity contribution in [3.63, 3.8) is 0 Å². The van der Waals surface area contributed by atoms with E-state index >= 15 is 0 Å². The van der Waals surface area contributed by atoms with Gasteiger partial charge in [0, 0.05) is 11.8 Å². The molecule has 1 aromatic rings. The van der Waals surface area contributed by atoms with Crippen LogP contribution in [0.5, 0.6) is 0 Å². The predicted molar refractivity (Wildman–Crippen MR) is 57.2 cm³/mol. The Labute approximate surface area is 84.0 Å². The Hall–Kier alpha value is -1.30. The smallest absolute Gasteiger partial charge is 0.00899 e. The van der Waals surface area contributed by atoms with Crippen molar-refractivity contribution < 1.29 is 0 Å². The van der Waals surface area contributed by atoms with Gasteiger partial charge in [0.15, 0.2) is 0 Å². The summed E-state index contributed by atoms with van der Waals surface area (Å²) in [5.74, 6) is 2.96. The lowest BCUT2D eigenvalue weighted by Crippen LogP contribution is -2.37. The molecule has 0 nitrogen and oxygen atoms in total. The average molecular weight is 180 g/mol. The number of hydrogen-bond acceptors (Lipinski definition) is 0. The van der Waals surface area contributed by atoms with E-state index in [4.69, 9.17) is 0 Å². The summed E-state index contributed by atoms with van der Waals surface area (Å²) in [7, 11) is 0. The highest BCUT2D eigenvalue weighted by Crippen LogP contribution is 2.56. The van der Waals surface area contributed by atoms with Crippen LogP contribution in [0.1, 0.15) is 23.0 Å². The first kappa shape index (κ1) is 7.05. The Kier molecular flexibility index (Phi) is 1.11. The molecule has 5 rings (SSSR count). The fourth-order valence-corrected chi connectivity index (χ4v) is 3.32. The second kappa shape index (κ2) is 2.20. The van der Waals surface area contributed by atoms with E-state index in [1.54, 1.807) is 11.1 Å². The SMILES string of the molecule is C1=C[C@H]2[C@H]1[C@@H]1C=C[C@@H]2c2ccccc21. The van der Waals surface area contributed by atoms with E-state index in [1.165, 1.54) is 0 Å². The van der Waals surface area contributed by atoms with E-state index in [9.17, 15) is 0 Å². The first-order chi connectivity index (χ1) is 6.95. The Balaban J connectivity index is 2.00. The van der Waals surface area contributed by atoms with Gasteiger partial charge >= 0.3 is 0 Å². The molecule has 4 aliphatic carbocycles. The lowest BCUT2D eigenvalue weighted by atomic mass is 9.55. The van der Waals surface area contributed by atoms with E-state index in [2.05, 4.69) is 48.6 Å². The van der Waals surface area contributed by atoms with E-state index in [0.29, 0.717) is 11.8 Å². The number of allylic oxidation sites excluding steroid dienone is 4. The first-order valence-electron chi connectivity index (χ1n) is 5.40. The molecule has 0 heterocycles. The standard InChI is InChI=1S/C14H12/c1-2-4-10-9(3-1)11-5-6-12(10)14-8-7-13(11)14/h1-8,11-14H/t11-,12-,13-,14-/m1/s1. The molecule has 14 heavy (non-hydrogen) atoms. The highest BCUT2D eigenvalue weighted by Gasteiger charge is 2.44. The van der Waals surface area contributed by atoms with Gasteiger partial charge in [-0.05, 0) is 23.0 Å². The first-order valence-corrected chi connectivity index (χ1v) is 5.40. The average Bonchev–Trinajstić information content (AvgIpc) is 2.19. The maximum absolute atomic E-state index is 2.41. The Morgan fingerprint density at radius 3 is 1.57 bits per heavy atom. The van der Waals surface area contributed by atoms with Crippen molar-refractivity contribution in [3.05, 3.63) is 59.7 Å². The van der Waals surface area contributed by atoms with E-state index in [1.807, 2.05) is 0 Å². The molecule has 0 aliphatic heterocycles. The highest BCUT2D eigenvalue weighted by atomic mass is 14.5. The van der Waals surface area contributed by atoms with Crippen LogP contribution in [0.4, 0.5) is 0 Å². The minimum absolute atomic E-state index is 0.672. The molecule has 2 bridgehead atoms. The Morgan fingerprint density at radius 1 is 0.643 bits per heavy atom. The van der Waals surface area contributed by atoms with Crippen molar-refractivity contribution in [1.29, 1.82) is 0 Å². The van der Waals surface area contributed by atoms with Crippen molar-refractivity contribution in [2.45, 2.75) is 11.8 Å². The van der Waals surface area contributed by atoms with Crippen LogP contribution in [-0.4, -0.2) is 0 Å². The van der Waals surface area contributed by atoms with Gasteiger partial charge in [-0.2, -0.15) is 0 Å². The van der Waals surface area contributed by atoms with Gasteiger partial charge in [-0.1, -0.05) is 48.6 Å². The molecule has 4 atom stereocenters. The Bertz CT molecular complexity index is 412. The summed E-state index contributed by atoms with van der Waals surface area (Å²) < 4.78 is 0. The molecule has 0 fully saturated rings. The molecule has 68 valence electrons. The second-order valence-electron chi connectivity index (χ2n) is 4.60. The zero-order chi connectivity index (χ0) is 9.12. The lowest BCUT2D eigenvalue weighted by Gasteiger charge is -2.48. The van der Waals surface area contributed by atoms with E-state index in [-0.39, 0.29) is 0 Å². The fourth-order valence-electron chi connectivity index (χ4n) is 3.32. The molecular formula is C14H12. The lowest BCUT2D eigenvalue weighted by molar-refractivity contribution is 0.317. The normalized spacial score (nSPS) is 40.3. The van der Waals surface area contributed by atoms with Crippen LogP contribution >= 0.6 is 0 Å². The number of benzene rings is 1. The zero-order valence-electron chi connectivity index (χ0n) is 7.93. The molecule has 0 saturated heterocycles. The third-order valence-electron chi connectivity index (χ3n) is 4.07. The van der Waals surface area contributed by atoms with Gasteiger partial charge in [0.1, 0.15) is 0 Å². The van der Waals surface area contributed by atoms with Crippen molar-refractivity contribution in [1.82, 2.24) is 0 Å². The minimum atomic E-state index is 0.672. The zero-order valence-corrected chi connectivity index (χ0v) is 7.93. The molecule has 0 radical (unpaired) electrons. The molecule has 0 saturated carbocycles. The van der Waals surface area contributed by atoms with Crippen molar-refractivity contribution >= 4 is 0 Å². The summed E-state index contributed by atoms with van der Waals surface area (Å²) in [5, 5.41) is 0. The maximum atomic E-state index is 2.41. The molecule has 1 aromatic carbocycles. The summed E-state index contributed by atoms with van der Waals surface area (Å²) in [6, 6.07) is 8.95. The predicted octanol–water partition coefficient (Wildman–Crippen LogP) is 3.24. The molecule has 0 heteroatoms. The summed E-state index contributed by atoms with van der Waals surface area (Å²) in [6.07, 6.45) is 9.61. The van der Waals surface area contributed by atoms with Crippen molar-refractivity contribution in [3.8, 4) is 0 Å². The van der Waals surface area contributed by atoms with Crippen LogP contribution in [0, 0.1) is 11.8 Å².